The van der Waals surface area contributed by atoms with Crippen LogP contribution in [-0.4, -0.2) is 67.4 Å². The predicted molar refractivity (Wildman–Crippen MR) is 131 cm³/mol. The predicted octanol–water partition coefficient (Wildman–Crippen LogP) is 3.14. The molecule has 3 heterocycles. The Labute approximate surface area is 205 Å². The van der Waals surface area contributed by atoms with E-state index in [0.717, 1.165) is 43.6 Å². The fourth-order valence-corrected chi connectivity index (χ4v) is 8.08. The Hall–Kier alpha value is -2.90. The summed E-state index contributed by atoms with van der Waals surface area (Å²) < 4.78 is 10.9. The molecule has 4 aliphatic rings. The second-order valence-corrected chi connectivity index (χ2v) is 10.4. The van der Waals surface area contributed by atoms with Gasteiger partial charge in [0.2, 0.25) is 0 Å². The lowest BCUT2D eigenvalue weighted by atomic mass is 9.51. The van der Waals surface area contributed by atoms with Crippen LogP contribution >= 0.6 is 0 Å². The fourth-order valence-electron chi connectivity index (χ4n) is 8.08. The molecule has 1 amide bonds. The van der Waals surface area contributed by atoms with E-state index in [1.165, 1.54) is 7.11 Å². The Bertz CT molecular complexity index is 1170. The summed E-state index contributed by atoms with van der Waals surface area (Å²) >= 11 is 0. The maximum absolute atomic E-state index is 14.1. The van der Waals surface area contributed by atoms with Gasteiger partial charge in [0.15, 0.2) is 6.10 Å². The maximum atomic E-state index is 14.1. The van der Waals surface area contributed by atoms with Gasteiger partial charge in [0, 0.05) is 28.5 Å². The van der Waals surface area contributed by atoms with Crippen molar-refractivity contribution in [2.75, 3.05) is 32.2 Å². The molecule has 1 saturated carbocycles. The molecule has 5 atom stereocenters. The summed E-state index contributed by atoms with van der Waals surface area (Å²) in [6.45, 7) is 1.81. The van der Waals surface area contributed by atoms with E-state index in [0.29, 0.717) is 24.2 Å². The number of hydrogen-bond acceptors (Lipinski definition) is 6. The minimum Gasteiger partial charge on any atom is -0.495 e. The maximum Gasteiger partial charge on any atom is 0.335 e. The minimum atomic E-state index is -1.19. The van der Waals surface area contributed by atoms with Crippen molar-refractivity contribution in [3.05, 3.63) is 59.7 Å². The van der Waals surface area contributed by atoms with Crippen molar-refractivity contribution in [1.82, 2.24) is 4.90 Å². The molecule has 0 aromatic heterocycles. The number of carbonyl (C=O) groups is 2. The number of fused-ring (bicyclic) bond motifs is 1. The number of aliphatic hydroxyl groups excluding tert-OH is 1. The Morgan fingerprint density at radius 2 is 1.83 bits per heavy atom. The summed E-state index contributed by atoms with van der Waals surface area (Å²) in [5, 5.41) is 11.4. The van der Waals surface area contributed by atoms with Gasteiger partial charge < -0.3 is 19.5 Å². The van der Waals surface area contributed by atoms with Gasteiger partial charge in [-0.1, -0.05) is 30.3 Å². The monoisotopic (exact) mass is 476 g/mol. The number of anilines is 1. The molecule has 184 valence electrons. The van der Waals surface area contributed by atoms with E-state index in [1.54, 1.807) is 7.11 Å². The average molecular weight is 477 g/mol. The second-order valence-electron chi connectivity index (χ2n) is 10.4. The van der Waals surface area contributed by atoms with Crippen molar-refractivity contribution in [1.29, 1.82) is 0 Å². The zero-order valence-corrected chi connectivity index (χ0v) is 20.3. The lowest BCUT2D eigenvalue weighted by molar-refractivity contribution is -0.172. The molecule has 3 fully saturated rings. The molecule has 2 aromatic carbocycles. The van der Waals surface area contributed by atoms with Crippen LogP contribution in [0.1, 0.15) is 48.0 Å². The number of para-hydroxylation sites is 1. The quantitative estimate of drug-likeness (QED) is 0.683. The van der Waals surface area contributed by atoms with E-state index in [4.69, 9.17) is 9.47 Å². The minimum absolute atomic E-state index is 0.0338. The Balaban J connectivity index is 1.56. The van der Waals surface area contributed by atoms with Crippen LogP contribution in [-0.2, 0) is 14.9 Å². The van der Waals surface area contributed by atoms with E-state index < -0.39 is 17.5 Å². The normalized spacial score (nSPS) is 31.8. The lowest BCUT2D eigenvalue weighted by Crippen LogP contribution is -2.69. The van der Waals surface area contributed by atoms with Crippen LogP contribution in [0.4, 0.5) is 5.69 Å². The van der Waals surface area contributed by atoms with Gasteiger partial charge in [-0.2, -0.15) is 0 Å². The zero-order chi connectivity index (χ0) is 24.4. The van der Waals surface area contributed by atoms with Gasteiger partial charge in [0.25, 0.3) is 5.91 Å². The van der Waals surface area contributed by atoms with Crippen LogP contribution in [0, 0.1) is 5.41 Å². The molecule has 2 aromatic rings. The average Bonchev–Trinajstić information content (AvgIpc) is 3.45. The van der Waals surface area contributed by atoms with E-state index in [9.17, 15) is 14.7 Å². The first-order valence-electron chi connectivity index (χ1n) is 12.6. The zero-order valence-electron chi connectivity index (χ0n) is 20.3. The number of rotatable bonds is 4. The van der Waals surface area contributed by atoms with E-state index in [1.807, 2.05) is 47.4 Å². The molecule has 1 N–H and O–H groups in total. The van der Waals surface area contributed by atoms with Gasteiger partial charge in [-0.15, -0.1) is 0 Å². The van der Waals surface area contributed by atoms with Crippen LogP contribution in [0.5, 0.6) is 5.75 Å². The number of hydrogen-bond donors (Lipinski definition) is 1. The van der Waals surface area contributed by atoms with Crippen molar-refractivity contribution in [3.8, 4) is 5.75 Å². The molecule has 0 radical (unpaired) electrons. The summed E-state index contributed by atoms with van der Waals surface area (Å²) in [5.41, 5.74) is 1.59. The first kappa shape index (κ1) is 22.6. The summed E-state index contributed by atoms with van der Waals surface area (Å²) in [6, 6.07) is 15.3. The molecular weight excluding hydrogens is 444 g/mol. The number of carbonyl (C=O) groups excluding carboxylic acids is 2. The fraction of sp³-hybridized carbons (Fsp3) is 0.500. The standard InChI is InChI=1S/C28H32N2O5/c1-34-20-11-6-10-19-22(20)30(24(32)18-8-4-3-5-9-18)21-12-14-27(23(31)25(33)35-2)13-7-16-29-17-15-28(19,21)26(27)29/h3-6,8-11,21,23,26,31H,7,12-17H2,1-2H3. The Kier molecular flexibility index (Phi) is 5.20. The van der Waals surface area contributed by atoms with Gasteiger partial charge >= 0.3 is 5.97 Å². The van der Waals surface area contributed by atoms with Crippen LogP contribution < -0.4 is 9.64 Å². The topological polar surface area (TPSA) is 79.3 Å². The molecule has 7 nitrogen and oxygen atoms in total. The van der Waals surface area contributed by atoms with Crippen molar-refractivity contribution in [2.45, 2.75) is 55.7 Å². The lowest BCUT2D eigenvalue weighted by Gasteiger charge is -2.59. The van der Waals surface area contributed by atoms with Crippen molar-refractivity contribution < 1.29 is 24.2 Å². The summed E-state index contributed by atoms with van der Waals surface area (Å²) in [5.74, 6) is 0.0888. The Morgan fingerprint density at radius 1 is 1.03 bits per heavy atom. The van der Waals surface area contributed by atoms with Gasteiger partial charge in [0.1, 0.15) is 5.75 Å². The largest absolute Gasteiger partial charge is 0.495 e. The number of esters is 1. The third-order valence-corrected chi connectivity index (χ3v) is 9.26. The van der Waals surface area contributed by atoms with Gasteiger partial charge in [-0.05, 0) is 69.0 Å². The molecule has 3 aliphatic heterocycles. The molecule has 2 saturated heterocycles. The van der Waals surface area contributed by atoms with Crippen molar-refractivity contribution in [3.63, 3.8) is 0 Å². The molecule has 0 bridgehead atoms. The van der Waals surface area contributed by atoms with Crippen molar-refractivity contribution >= 4 is 17.6 Å². The highest BCUT2D eigenvalue weighted by molar-refractivity contribution is 6.09. The van der Waals surface area contributed by atoms with Crippen molar-refractivity contribution in [2.24, 2.45) is 5.41 Å². The molecule has 7 heteroatoms. The second kappa shape index (κ2) is 8.07. The smallest absolute Gasteiger partial charge is 0.335 e. The summed E-state index contributed by atoms with van der Waals surface area (Å²) in [6.07, 6.45) is 2.74. The number of nitrogens with zero attached hydrogens (tertiary/aromatic N) is 2. The molecule has 1 aliphatic carbocycles. The summed E-state index contributed by atoms with van der Waals surface area (Å²) in [7, 11) is 2.99. The SMILES string of the molecule is COC(=O)C(O)C12CCCN3CCC4(c5cccc(OC)c5N(C(=O)c5ccccc5)C4CC1)C32. The molecule has 35 heavy (non-hydrogen) atoms. The highest BCUT2D eigenvalue weighted by Crippen LogP contribution is 2.66. The van der Waals surface area contributed by atoms with Crippen LogP contribution in [0.3, 0.4) is 0 Å². The highest BCUT2D eigenvalue weighted by Gasteiger charge is 2.71. The number of aliphatic hydroxyl groups is 1. The molecule has 1 spiro atoms. The third-order valence-electron chi connectivity index (χ3n) is 9.26. The first-order valence-corrected chi connectivity index (χ1v) is 12.6. The van der Waals surface area contributed by atoms with E-state index in [2.05, 4.69) is 11.0 Å². The van der Waals surface area contributed by atoms with Crippen LogP contribution in [0.2, 0.25) is 0 Å². The number of amides is 1. The number of benzene rings is 2. The molecular formula is C28H32N2O5. The summed E-state index contributed by atoms with van der Waals surface area (Å²) in [4.78, 5) is 31.2. The van der Waals surface area contributed by atoms with Gasteiger partial charge in [-0.3, -0.25) is 9.69 Å². The number of methoxy groups -OCH3 is 2. The molecule has 6 rings (SSSR count). The van der Waals surface area contributed by atoms with Crippen LogP contribution in [0.15, 0.2) is 48.5 Å². The van der Waals surface area contributed by atoms with Crippen LogP contribution in [0.25, 0.3) is 0 Å². The third kappa shape index (κ3) is 2.85. The van der Waals surface area contributed by atoms with E-state index >= 15 is 0 Å². The Morgan fingerprint density at radius 3 is 2.57 bits per heavy atom. The first-order chi connectivity index (χ1) is 17.0. The molecule has 5 unspecified atom stereocenters. The van der Waals surface area contributed by atoms with E-state index in [-0.39, 0.29) is 23.4 Å². The van der Waals surface area contributed by atoms with Gasteiger partial charge in [0.05, 0.1) is 19.9 Å². The van der Waals surface area contributed by atoms with Gasteiger partial charge in [-0.25, -0.2) is 4.79 Å². The number of piperidine rings is 1. The highest BCUT2D eigenvalue weighted by atomic mass is 16.5. The number of ether oxygens (including phenoxy) is 2.